The highest BCUT2D eigenvalue weighted by molar-refractivity contribution is 4.70. The van der Waals surface area contributed by atoms with E-state index in [9.17, 15) is 0 Å². The fourth-order valence-corrected chi connectivity index (χ4v) is 1.57. The van der Waals surface area contributed by atoms with Crippen LogP contribution in [0, 0.1) is 0 Å². The maximum Gasteiger partial charge on any atom is 0.0110 e. The van der Waals surface area contributed by atoms with Gasteiger partial charge in [0.15, 0.2) is 0 Å². The molecular formula is C9H20N2. The van der Waals surface area contributed by atoms with Crippen LogP contribution in [0.1, 0.15) is 26.7 Å². The second kappa shape index (κ2) is 4.73. The zero-order chi connectivity index (χ0) is 8.10. The third-order valence-corrected chi connectivity index (χ3v) is 2.59. The Morgan fingerprint density at radius 1 is 1.36 bits per heavy atom. The van der Waals surface area contributed by atoms with E-state index in [1.165, 1.54) is 39.0 Å². The van der Waals surface area contributed by atoms with Gasteiger partial charge in [-0.05, 0) is 32.9 Å². The smallest absolute Gasteiger partial charge is 0.0110 e. The highest BCUT2D eigenvalue weighted by Gasteiger charge is 2.12. The molecule has 2 nitrogen and oxygen atoms in total. The third-order valence-electron chi connectivity index (χ3n) is 2.59. The van der Waals surface area contributed by atoms with E-state index in [1.54, 1.807) is 0 Å². The maximum atomic E-state index is 3.41. The summed E-state index contributed by atoms with van der Waals surface area (Å²) in [6.45, 7) is 9.47. The Labute approximate surface area is 70.0 Å². The molecule has 0 aliphatic carbocycles. The SMILES string of the molecule is CCC(C)N1CCCNCC1. The molecule has 0 amide bonds. The van der Waals surface area contributed by atoms with Crippen molar-refractivity contribution in [3.8, 4) is 0 Å². The lowest BCUT2D eigenvalue weighted by Crippen LogP contribution is -2.35. The van der Waals surface area contributed by atoms with Crippen LogP contribution >= 0.6 is 0 Å². The summed E-state index contributed by atoms with van der Waals surface area (Å²) in [5, 5.41) is 3.41. The van der Waals surface area contributed by atoms with E-state index in [4.69, 9.17) is 0 Å². The van der Waals surface area contributed by atoms with Crippen LogP contribution in [0.25, 0.3) is 0 Å². The summed E-state index contributed by atoms with van der Waals surface area (Å²) in [7, 11) is 0. The first-order valence-electron chi connectivity index (χ1n) is 4.79. The summed E-state index contributed by atoms with van der Waals surface area (Å²) in [5.41, 5.74) is 0. The van der Waals surface area contributed by atoms with Crippen LogP contribution in [0.4, 0.5) is 0 Å². The maximum absolute atomic E-state index is 3.41. The van der Waals surface area contributed by atoms with Gasteiger partial charge in [0.05, 0.1) is 0 Å². The molecule has 1 N–H and O–H groups in total. The zero-order valence-corrected chi connectivity index (χ0v) is 7.77. The molecule has 1 fully saturated rings. The summed E-state index contributed by atoms with van der Waals surface area (Å²) < 4.78 is 0. The molecule has 66 valence electrons. The Morgan fingerprint density at radius 2 is 2.18 bits per heavy atom. The minimum atomic E-state index is 0.773. The fraction of sp³-hybridized carbons (Fsp3) is 1.00. The normalized spacial score (nSPS) is 24.5. The van der Waals surface area contributed by atoms with Crippen LogP contribution < -0.4 is 5.32 Å². The molecule has 0 aromatic carbocycles. The van der Waals surface area contributed by atoms with Crippen LogP contribution in [0.3, 0.4) is 0 Å². The average molecular weight is 156 g/mol. The molecule has 0 bridgehead atoms. The van der Waals surface area contributed by atoms with Crippen LogP contribution in [-0.2, 0) is 0 Å². The van der Waals surface area contributed by atoms with Gasteiger partial charge in [0, 0.05) is 19.1 Å². The van der Waals surface area contributed by atoms with E-state index >= 15 is 0 Å². The first-order chi connectivity index (χ1) is 5.34. The van der Waals surface area contributed by atoms with Gasteiger partial charge in [-0.3, -0.25) is 4.90 Å². The minimum Gasteiger partial charge on any atom is -0.315 e. The Balaban J connectivity index is 2.30. The summed E-state index contributed by atoms with van der Waals surface area (Å²) in [6, 6.07) is 0.773. The van der Waals surface area contributed by atoms with E-state index in [-0.39, 0.29) is 0 Å². The van der Waals surface area contributed by atoms with E-state index in [0.29, 0.717) is 0 Å². The van der Waals surface area contributed by atoms with Gasteiger partial charge in [0.2, 0.25) is 0 Å². The molecule has 0 saturated carbocycles. The summed E-state index contributed by atoms with van der Waals surface area (Å²) in [4.78, 5) is 2.58. The van der Waals surface area contributed by atoms with Crippen molar-refractivity contribution in [2.45, 2.75) is 32.7 Å². The molecule has 0 aromatic heterocycles. The lowest BCUT2D eigenvalue weighted by molar-refractivity contribution is 0.218. The van der Waals surface area contributed by atoms with Crippen molar-refractivity contribution in [3.05, 3.63) is 0 Å². The van der Waals surface area contributed by atoms with Crippen molar-refractivity contribution >= 4 is 0 Å². The molecular weight excluding hydrogens is 136 g/mol. The van der Waals surface area contributed by atoms with Gasteiger partial charge in [-0.25, -0.2) is 0 Å². The Bertz CT molecular complexity index is 95.7. The molecule has 1 saturated heterocycles. The fourth-order valence-electron chi connectivity index (χ4n) is 1.57. The van der Waals surface area contributed by atoms with Gasteiger partial charge in [0.1, 0.15) is 0 Å². The number of hydrogen-bond acceptors (Lipinski definition) is 2. The van der Waals surface area contributed by atoms with E-state index < -0.39 is 0 Å². The van der Waals surface area contributed by atoms with Crippen molar-refractivity contribution in [3.63, 3.8) is 0 Å². The largest absolute Gasteiger partial charge is 0.315 e. The summed E-state index contributed by atoms with van der Waals surface area (Å²) in [5.74, 6) is 0. The Kier molecular flexibility index (Phi) is 3.87. The van der Waals surface area contributed by atoms with Crippen LogP contribution in [0.15, 0.2) is 0 Å². The van der Waals surface area contributed by atoms with E-state index in [1.807, 2.05) is 0 Å². The van der Waals surface area contributed by atoms with Crippen molar-refractivity contribution in [2.24, 2.45) is 0 Å². The Morgan fingerprint density at radius 3 is 2.91 bits per heavy atom. The van der Waals surface area contributed by atoms with Crippen molar-refractivity contribution < 1.29 is 0 Å². The van der Waals surface area contributed by atoms with Gasteiger partial charge in [-0.2, -0.15) is 0 Å². The predicted octanol–water partition coefficient (Wildman–Crippen LogP) is 1.08. The van der Waals surface area contributed by atoms with Crippen LogP contribution in [0.2, 0.25) is 0 Å². The van der Waals surface area contributed by atoms with Crippen LogP contribution in [0.5, 0.6) is 0 Å². The minimum absolute atomic E-state index is 0.773. The molecule has 1 aliphatic rings. The standard InChI is InChI=1S/C9H20N2/c1-3-9(2)11-7-4-5-10-6-8-11/h9-10H,3-8H2,1-2H3. The zero-order valence-electron chi connectivity index (χ0n) is 7.77. The first kappa shape index (κ1) is 9.01. The molecule has 1 atom stereocenters. The molecule has 0 radical (unpaired) electrons. The molecule has 0 aromatic rings. The van der Waals surface area contributed by atoms with Crippen molar-refractivity contribution in [1.29, 1.82) is 0 Å². The molecule has 1 aliphatic heterocycles. The second-order valence-corrected chi connectivity index (χ2v) is 3.40. The quantitative estimate of drug-likeness (QED) is 0.643. The van der Waals surface area contributed by atoms with Gasteiger partial charge < -0.3 is 5.32 Å². The second-order valence-electron chi connectivity index (χ2n) is 3.40. The van der Waals surface area contributed by atoms with Crippen molar-refractivity contribution in [1.82, 2.24) is 10.2 Å². The van der Waals surface area contributed by atoms with Crippen molar-refractivity contribution in [2.75, 3.05) is 26.2 Å². The van der Waals surface area contributed by atoms with Gasteiger partial charge in [0.25, 0.3) is 0 Å². The molecule has 1 rings (SSSR count). The van der Waals surface area contributed by atoms with Gasteiger partial charge >= 0.3 is 0 Å². The summed E-state index contributed by atoms with van der Waals surface area (Å²) in [6.07, 6.45) is 2.59. The van der Waals surface area contributed by atoms with Gasteiger partial charge in [-0.15, -0.1) is 0 Å². The lowest BCUT2D eigenvalue weighted by Gasteiger charge is -2.25. The number of rotatable bonds is 2. The number of nitrogens with one attached hydrogen (secondary N) is 1. The highest BCUT2D eigenvalue weighted by atomic mass is 15.2. The molecule has 2 heteroatoms. The molecule has 1 heterocycles. The van der Waals surface area contributed by atoms with E-state index in [0.717, 1.165) is 6.04 Å². The Hall–Kier alpha value is -0.0800. The van der Waals surface area contributed by atoms with E-state index in [2.05, 4.69) is 24.1 Å². The van der Waals surface area contributed by atoms with Gasteiger partial charge in [-0.1, -0.05) is 6.92 Å². The average Bonchev–Trinajstić information content (AvgIpc) is 2.30. The number of hydrogen-bond donors (Lipinski definition) is 1. The first-order valence-corrected chi connectivity index (χ1v) is 4.79. The number of nitrogens with zero attached hydrogens (tertiary/aromatic N) is 1. The topological polar surface area (TPSA) is 15.3 Å². The van der Waals surface area contributed by atoms with Crippen LogP contribution in [-0.4, -0.2) is 37.1 Å². The molecule has 0 spiro atoms. The summed E-state index contributed by atoms with van der Waals surface area (Å²) >= 11 is 0. The third kappa shape index (κ3) is 2.80. The molecule has 11 heavy (non-hydrogen) atoms. The highest BCUT2D eigenvalue weighted by Crippen LogP contribution is 2.04. The lowest BCUT2D eigenvalue weighted by atomic mass is 10.2. The predicted molar refractivity (Wildman–Crippen MR) is 48.8 cm³/mol. The molecule has 1 unspecified atom stereocenters. The monoisotopic (exact) mass is 156 g/mol.